The molecule has 5 heteroatoms. The SMILES string of the molecule is Cc1cc(CCOS(C)(=O)=O)cc(OC2CC2)c1. The Kier molecular flexibility index (Phi) is 3.92. The average Bonchev–Trinajstić information content (AvgIpc) is 2.98. The summed E-state index contributed by atoms with van der Waals surface area (Å²) in [7, 11) is -3.35. The Hall–Kier alpha value is -1.07. The third kappa shape index (κ3) is 4.66. The van der Waals surface area contributed by atoms with Crippen molar-refractivity contribution in [3.63, 3.8) is 0 Å². The molecule has 1 aliphatic carbocycles. The van der Waals surface area contributed by atoms with Gasteiger partial charge in [-0.1, -0.05) is 6.07 Å². The van der Waals surface area contributed by atoms with Gasteiger partial charge >= 0.3 is 0 Å². The Morgan fingerprint density at radius 3 is 2.61 bits per heavy atom. The molecule has 0 heterocycles. The van der Waals surface area contributed by atoms with E-state index < -0.39 is 10.1 Å². The first kappa shape index (κ1) is 13.4. The highest BCUT2D eigenvalue weighted by Gasteiger charge is 2.23. The van der Waals surface area contributed by atoms with E-state index in [1.54, 1.807) is 0 Å². The number of ether oxygens (including phenoxy) is 1. The fourth-order valence-corrected chi connectivity index (χ4v) is 2.11. The molecule has 0 spiro atoms. The van der Waals surface area contributed by atoms with E-state index in [9.17, 15) is 8.42 Å². The number of hydrogen-bond acceptors (Lipinski definition) is 4. The zero-order valence-electron chi connectivity index (χ0n) is 10.7. The van der Waals surface area contributed by atoms with Crippen molar-refractivity contribution in [2.75, 3.05) is 12.9 Å². The summed E-state index contributed by atoms with van der Waals surface area (Å²) in [6.07, 6.45) is 4.24. The predicted molar refractivity (Wildman–Crippen MR) is 69.3 cm³/mol. The van der Waals surface area contributed by atoms with Crippen molar-refractivity contribution in [2.45, 2.75) is 32.3 Å². The van der Waals surface area contributed by atoms with E-state index in [1.165, 1.54) is 0 Å². The Labute approximate surface area is 108 Å². The lowest BCUT2D eigenvalue weighted by atomic mass is 10.1. The van der Waals surface area contributed by atoms with Gasteiger partial charge in [0.1, 0.15) is 5.75 Å². The topological polar surface area (TPSA) is 52.6 Å². The smallest absolute Gasteiger partial charge is 0.264 e. The Morgan fingerprint density at radius 1 is 1.28 bits per heavy atom. The first-order valence-corrected chi connectivity index (χ1v) is 7.86. The molecule has 0 radical (unpaired) electrons. The largest absolute Gasteiger partial charge is 0.490 e. The Bertz CT molecular complexity index is 518. The molecule has 0 amide bonds. The van der Waals surface area contributed by atoms with Gasteiger partial charge in [-0.3, -0.25) is 4.18 Å². The second-order valence-corrected chi connectivity index (χ2v) is 6.39. The highest BCUT2D eigenvalue weighted by Crippen LogP contribution is 2.28. The molecule has 100 valence electrons. The lowest BCUT2D eigenvalue weighted by molar-refractivity contribution is 0.302. The van der Waals surface area contributed by atoms with E-state index in [0.717, 1.165) is 36.0 Å². The lowest BCUT2D eigenvalue weighted by Crippen LogP contribution is -2.06. The molecule has 0 unspecified atom stereocenters. The molecule has 0 saturated heterocycles. The number of rotatable bonds is 6. The predicted octanol–water partition coefficient (Wildman–Crippen LogP) is 2.05. The highest BCUT2D eigenvalue weighted by molar-refractivity contribution is 7.85. The van der Waals surface area contributed by atoms with Crippen molar-refractivity contribution in [3.8, 4) is 5.75 Å². The zero-order valence-corrected chi connectivity index (χ0v) is 11.5. The van der Waals surface area contributed by atoms with Crippen molar-refractivity contribution in [3.05, 3.63) is 29.3 Å². The van der Waals surface area contributed by atoms with Gasteiger partial charge in [-0.2, -0.15) is 8.42 Å². The van der Waals surface area contributed by atoms with Gasteiger partial charge in [-0.15, -0.1) is 0 Å². The summed E-state index contributed by atoms with van der Waals surface area (Å²) in [5.41, 5.74) is 2.15. The summed E-state index contributed by atoms with van der Waals surface area (Å²) in [4.78, 5) is 0. The second kappa shape index (κ2) is 5.28. The molecule has 4 nitrogen and oxygen atoms in total. The molecule has 0 aliphatic heterocycles. The van der Waals surface area contributed by atoms with E-state index in [0.29, 0.717) is 12.5 Å². The molecule has 0 bridgehead atoms. The average molecular weight is 270 g/mol. The maximum Gasteiger partial charge on any atom is 0.264 e. The Balaban J connectivity index is 1.96. The third-order valence-corrected chi connectivity index (χ3v) is 3.22. The van der Waals surface area contributed by atoms with Gasteiger partial charge < -0.3 is 4.74 Å². The molecular formula is C13H18O4S. The van der Waals surface area contributed by atoms with Gasteiger partial charge in [-0.25, -0.2) is 0 Å². The summed E-state index contributed by atoms with van der Waals surface area (Å²) in [5.74, 6) is 0.867. The van der Waals surface area contributed by atoms with Crippen molar-refractivity contribution in [1.29, 1.82) is 0 Å². The summed E-state index contributed by atoms with van der Waals surface area (Å²) in [6, 6.07) is 5.97. The van der Waals surface area contributed by atoms with Crippen LogP contribution in [0.5, 0.6) is 5.75 Å². The highest BCUT2D eigenvalue weighted by atomic mass is 32.2. The van der Waals surface area contributed by atoms with E-state index >= 15 is 0 Å². The van der Waals surface area contributed by atoms with Gasteiger partial charge in [0.15, 0.2) is 0 Å². The van der Waals surface area contributed by atoms with Crippen LogP contribution in [0.3, 0.4) is 0 Å². The van der Waals surface area contributed by atoms with E-state index in [4.69, 9.17) is 8.92 Å². The van der Waals surface area contributed by atoms with Crippen LogP contribution in [0.1, 0.15) is 24.0 Å². The minimum absolute atomic E-state index is 0.172. The quantitative estimate of drug-likeness (QED) is 0.742. The summed E-state index contributed by atoms with van der Waals surface area (Å²) in [5, 5.41) is 0. The van der Waals surface area contributed by atoms with Gasteiger partial charge in [0, 0.05) is 0 Å². The molecule has 0 atom stereocenters. The van der Waals surface area contributed by atoms with E-state index in [2.05, 4.69) is 0 Å². The minimum Gasteiger partial charge on any atom is -0.490 e. The van der Waals surface area contributed by atoms with Crippen LogP contribution < -0.4 is 4.74 Å². The standard InChI is InChI=1S/C13H18O4S/c1-10-7-11(5-6-16-18(2,14)15)9-13(8-10)17-12-3-4-12/h7-9,12H,3-6H2,1-2H3. The van der Waals surface area contributed by atoms with Gasteiger partial charge in [0.05, 0.1) is 19.0 Å². The van der Waals surface area contributed by atoms with Crippen molar-refractivity contribution >= 4 is 10.1 Å². The van der Waals surface area contributed by atoms with Crippen LogP contribution in [-0.2, 0) is 20.7 Å². The normalized spacial score (nSPS) is 15.7. The molecule has 18 heavy (non-hydrogen) atoms. The number of hydrogen-bond donors (Lipinski definition) is 0. The van der Waals surface area contributed by atoms with Crippen LogP contribution in [0.2, 0.25) is 0 Å². The van der Waals surface area contributed by atoms with Gasteiger partial charge in [0.2, 0.25) is 0 Å². The van der Waals surface area contributed by atoms with Gasteiger partial charge in [-0.05, 0) is 49.4 Å². The summed E-state index contributed by atoms with van der Waals surface area (Å²) in [6.45, 7) is 2.17. The molecular weight excluding hydrogens is 252 g/mol. The molecule has 1 aromatic carbocycles. The molecule has 1 aliphatic rings. The molecule has 0 N–H and O–H groups in total. The van der Waals surface area contributed by atoms with Crippen molar-refractivity contribution in [2.24, 2.45) is 0 Å². The van der Waals surface area contributed by atoms with Crippen LogP contribution in [0.4, 0.5) is 0 Å². The first-order chi connectivity index (χ1) is 8.42. The van der Waals surface area contributed by atoms with Crippen molar-refractivity contribution < 1.29 is 17.3 Å². The first-order valence-electron chi connectivity index (χ1n) is 6.04. The molecule has 0 aromatic heterocycles. The number of aryl methyl sites for hydroxylation is 1. The maximum absolute atomic E-state index is 10.9. The van der Waals surface area contributed by atoms with Crippen LogP contribution in [-0.4, -0.2) is 27.4 Å². The molecule has 1 fully saturated rings. The monoisotopic (exact) mass is 270 g/mol. The fourth-order valence-electron chi connectivity index (χ4n) is 1.73. The maximum atomic E-state index is 10.9. The summed E-state index contributed by atoms with van der Waals surface area (Å²) < 4.78 is 32.2. The van der Waals surface area contributed by atoms with Gasteiger partial charge in [0.25, 0.3) is 10.1 Å². The van der Waals surface area contributed by atoms with Crippen LogP contribution >= 0.6 is 0 Å². The lowest BCUT2D eigenvalue weighted by Gasteiger charge is -2.09. The number of benzene rings is 1. The van der Waals surface area contributed by atoms with Crippen LogP contribution in [0, 0.1) is 6.92 Å². The summed E-state index contributed by atoms with van der Waals surface area (Å²) >= 11 is 0. The fraction of sp³-hybridized carbons (Fsp3) is 0.538. The molecule has 1 aromatic rings. The van der Waals surface area contributed by atoms with Crippen LogP contribution in [0.25, 0.3) is 0 Å². The Morgan fingerprint density at radius 2 is 2.00 bits per heavy atom. The van der Waals surface area contributed by atoms with E-state index in [1.807, 2.05) is 25.1 Å². The zero-order chi connectivity index (χ0) is 13.2. The third-order valence-electron chi connectivity index (χ3n) is 2.63. The second-order valence-electron chi connectivity index (χ2n) is 4.75. The van der Waals surface area contributed by atoms with Crippen LogP contribution in [0.15, 0.2) is 18.2 Å². The van der Waals surface area contributed by atoms with E-state index in [-0.39, 0.29) is 6.61 Å². The minimum atomic E-state index is -3.35. The molecule has 2 rings (SSSR count). The molecule has 1 saturated carbocycles. The van der Waals surface area contributed by atoms with Crippen molar-refractivity contribution in [1.82, 2.24) is 0 Å².